The third kappa shape index (κ3) is 5.47. The highest BCUT2D eigenvalue weighted by Gasteiger charge is 2.16. The van der Waals surface area contributed by atoms with Gasteiger partial charge in [-0.05, 0) is 42.5 Å². The molecule has 7 nitrogen and oxygen atoms in total. The zero-order valence-electron chi connectivity index (χ0n) is 14.9. The van der Waals surface area contributed by atoms with Crippen molar-refractivity contribution in [1.29, 1.82) is 0 Å². The molecule has 0 aliphatic carbocycles. The zero-order chi connectivity index (χ0) is 19.9. The lowest BCUT2D eigenvalue weighted by Gasteiger charge is -2.18. The lowest BCUT2D eigenvalue weighted by molar-refractivity contribution is -0.147. The highest BCUT2D eigenvalue weighted by Crippen LogP contribution is 2.31. The van der Waals surface area contributed by atoms with Crippen LogP contribution < -0.4 is 14.8 Å². The molecule has 28 heavy (non-hydrogen) atoms. The number of esters is 1. The van der Waals surface area contributed by atoms with Crippen LogP contribution in [0.25, 0.3) is 0 Å². The number of ether oxygens (including phenoxy) is 3. The van der Waals surface area contributed by atoms with Crippen molar-refractivity contribution in [3.63, 3.8) is 0 Å². The van der Waals surface area contributed by atoms with Gasteiger partial charge in [0.2, 0.25) is 0 Å². The van der Waals surface area contributed by atoms with E-state index in [2.05, 4.69) is 5.32 Å². The van der Waals surface area contributed by atoms with E-state index < -0.39 is 18.5 Å². The Hall–Kier alpha value is -3.06. The number of fused-ring (bicyclic) bond motifs is 1. The zero-order valence-corrected chi connectivity index (χ0v) is 15.7. The van der Waals surface area contributed by atoms with Gasteiger partial charge in [0.1, 0.15) is 13.2 Å². The molecule has 0 saturated carbocycles. The van der Waals surface area contributed by atoms with Crippen molar-refractivity contribution in [2.24, 2.45) is 0 Å². The van der Waals surface area contributed by atoms with E-state index in [9.17, 15) is 14.4 Å². The number of halogens is 1. The van der Waals surface area contributed by atoms with Gasteiger partial charge >= 0.3 is 5.97 Å². The average molecular weight is 404 g/mol. The summed E-state index contributed by atoms with van der Waals surface area (Å²) >= 11 is 5.77. The summed E-state index contributed by atoms with van der Waals surface area (Å²) in [5.41, 5.74) is 0.969. The standard InChI is InChI=1S/C20H18ClNO6/c21-14-2-4-15(5-3-14)22-19(24)12-28-20(25)8-6-16(23)13-1-7-17-18(11-13)27-10-9-26-17/h1-5,7,11H,6,8-10,12H2,(H,22,24). The first-order valence-electron chi connectivity index (χ1n) is 8.65. The Kier molecular flexibility index (Phi) is 6.49. The first-order chi connectivity index (χ1) is 13.5. The van der Waals surface area contributed by atoms with Gasteiger partial charge in [-0.3, -0.25) is 14.4 Å². The highest BCUT2D eigenvalue weighted by molar-refractivity contribution is 6.30. The number of carbonyl (C=O) groups excluding carboxylic acids is 3. The molecule has 0 bridgehead atoms. The molecule has 1 aliphatic rings. The molecular formula is C20H18ClNO6. The van der Waals surface area contributed by atoms with Gasteiger partial charge < -0.3 is 19.5 Å². The summed E-state index contributed by atoms with van der Waals surface area (Å²) in [4.78, 5) is 35.8. The Morgan fingerprint density at radius 3 is 2.43 bits per heavy atom. The number of Topliss-reactive ketones (excluding diaryl/α,β-unsaturated/α-hetero) is 1. The smallest absolute Gasteiger partial charge is 0.306 e. The van der Waals surface area contributed by atoms with Crippen molar-refractivity contribution >= 4 is 34.9 Å². The quantitative estimate of drug-likeness (QED) is 0.563. The van der Waals surface area contributed by atoms with Gasteiger partial charge in [-0.15, -0.1) is 0 Å². The van der Waals surface area contributed by atoms with Crippen LogP contribution in [-0.2, 0) is 14.3 Å². The number of anilines is 1. The second-order valence-corrected chi connectivity index (χ2v) is 6.43. The molecule has 0 radical (unpaired) electrons. The van der Waals surface area contributed by atoms with Gasteiger partial charge in [-0.2, -0.15) is 0 Å². The van der Waals surface area contributed by atoms with Crippen molar-refractivity contribution in [1.82, 2.24) is 0 Å². The minimum atomic E-state index is -0.628. The lowest BCUT2D eigenvalue weighted by atomic mass is 10.1. The molecule has 1 N–H and O–H groups in total. The molecule has 0 aromatic heterocycles. The molecule has 0 saturated heterocycles. The monoisotopic (exact) mass is 403 g/mol. The molecule has 146 valence electrons. The fraction of sp³-hybridized carbons (Fsp3) is 0.250. The van der Waals surface area contributed by atoms with Crippen LogP contribution in [-0.4, -0.2) is 37.5 Å². The van der Waals surface area contributed by atoms with E-state index in [1.165, 1.54) is 0 Å². The molecule has 1 aliphatic heterocycles. The van der Waals surface area contributed by atoms with E-state index in [1.54, 1.807) is 42.5 Å². The van der Waals surface area contributed by atoms with Gasteiger partial charge in [-0.25, -0.2) is 0 Å². The molecule has 1 heterocycles. The maximum atomic E-state index is 12.2. The van der Waals surface area contributed by atoms with Gasteiger partial charge in [0.05, 0.1) is 6.42 Å². The van der Waals surface area contributed by atoms with Crippen LogP contribution in [0.1, 0.15) is 23.2 Å². The van der Waals surface area contributed by atoms with Crippen LogP contribution in [0.3, 0.4) is 0 Å². The summed E-state index contributed by atoms with van der Waals surface area (Å²) in [6, 6.07) is 11.4. The Bertz CT molecular complexity index is 881. The average Bonchev–Trinajstić information content (AvgIpc) is 2.71. The number of hydrogen-bond donors (Lipinski definition) is 1. The molecule has 3 rings (SSSR count). The van der Waals surface area contributed by atoms with Crippen LogP contribution in [0.4, 0.5) is 5.69 Å². The largest absolute Gasteiger partial charge is 0.486 e. The molecular weight excluding hydrogens is 386 g/mol. The van der Waals surface area contributed by atoms with Gasteiger partial charge in [0.15, 0.2) is 23.9 Å². The van der Waals surface area contributed by atoms with Crippen LogP contribution in [0.15, 0.2) is 42.5 Å². The number of carbonyl (C=O) groups is 3. The number of ketones is 1. The van der Waals surface area contributed by atoms with Crippen molar-refractivity contribution in [3.05, 3.63) is 53.1 Å². The van der Waals surface area contributed by atoms with E-state index >= 15 is 0 Å². The number of benzene rings is 2. The predicted molar refractivity (Wildman–Crippen MR) is 102 cm³/mol. The maximum Gasteiger partial charge on any atom is 0.306 e. The molecule has 0 unspecified atom stereocenters. The summed E-state index contributed by atoms with van der Waals surface area (Å²) < 4.78 is 15.7. The van der Waals surface area contributed by atoms with Crippen molar-refractivity contribution in [2.75, 3.05) is 25.1 Å². The molecule has 1 amide bonds. The van der Waals surface area contributed by atoms with Crippen LogP contribution in [0, 0.1) is 0 Å². The molecule has 0 atom stereocenters. The minimum Gasteiger partial charge on any atom is -0.486 e. The Morgan fingerprint density at radius 2 is 1.68 bits per heavy atom. The van der Waals surface area contributed by atoms with E-state index in [0.29, 0.717) is 41.0 Å². The molecule has 2 aromatic carbocycles. The summed E-state index contributed by atoms with van der Waals surface area (Å²) in [6.45, 7) is 0.465. The van der Waals surface area contributed by atoms with Crippen LogP contribution in [0.2, 0.25) is 5.02 Å². The molecule has 2 aromatic rings. The molecule has 8 heteroatoms. The summed E-state index contributed by atoms with van der Waals surface area (Å²) in [5.74, 6) is -0.224. The number of hydrogen-bond acceptors (Lipinski definition) is 6. The lowest BCUT2D eigenvalue weighted by Crippen LogP contribution is -2.21. The minimum absolute atomic E-state index is 0.0305. The Labute approximate surface area is 166 Å². The number of amides is 1. The Balaban J connectivity index is 1.41. The molecule has 0 spiro atoms. The summed E-state index contributed by atoms with van der Waals surface area (Å²) in [7, 11) is 0. The topological polar surface area (TPSA) is 90.9 Å². The number of nitrogens with one attached hydrogen (secondary N) is 1. The van der Waals surface area contributed by atoms with Gasteiger partial charge in [0, 0.05) is 22.7 Å². The third-order valence-corrected chi connectivity index (χ3v) is 4.16. The van der Waals surface area contributed by atoms with Gasteiger partial charge in [0.25, 0.3) is 5.91 Å². The first-order valence-corrected chi connectivity index (χ1v) is 9.03. The summed E-state index contributed by atoms with van der Waals surface area (Å²) in [6.07, 6.45) is -0.154. The van der Waals surface area contributed by atoms with Crippen LogP contribution >= 0.6 is 11.6 Å². The fourth-order valence-electron chi connectivity index (χ4n) is 2.53. The van der Waals surface area contributed by atoms with Crippen LogP contribution in [0.5, 0.6) is 11.5 Å². The molecule has 0 fully saturated rings. The number of rotatable bonds is 7. The van der Waals surface area contributed by atoms with E-state index in [4.69, 9.17) is 25.8 Å². The highest BCUT2D eigenvalue weighted by atomic mass is 35.5. The van der Waals surface area contributed by atoms with E-state index in [0.717, 1.165) is 0 Å². The van der Waals surface area contributed by atoms with Crippen molar-refractivity contribution < 1.29 is 28.6 Å². The normalized spacial score (nSPS) is 12.2. The van der Waals surface area contributed by atoms with E-state index in [1.807, 2.05) is 0 Å². The first kappa shape index (κ1) is 19.7. The fourth-order valence-corrected chi connectivity index (χ4v) is 2.65. The predicted octanol–water partition coefficient (Wildman–Crippen LogP) is 3.26. The SMILES string of the molecule is O=C(COC(=O)CCC(=O)c1ccc2c(c1)OCCO2)Nc1ccc(Cl)cc1. The summed E-state index contributed by atoms with van der Waals surface area (Å²) in [5, 5.41) is 3.12. The maximum absolute atomic E-state index is 12.2. The van der Waals surface area contributed by atoms with E-state index in [-0.39, 0.29) is 18.6 Å². The Morgan fingerprint density at radius 1 is 0.964 bits per heavy atom. The third-order valence-electron chi connectivity index (χ3n) is 3.91. The van der Waals surface area contributed by atoms with Crippen molar-refractivity contribution in [2.45, 2.75) is 12.8 Å². The van der Waals surface area contributed by atoms with Gasteiger partial charge in [-0.1, -0.05) is 11.6 Å². The second kappa shape index (κ2) is 9.23. The second-order valence-electron chi connectivity index (χ2n) is 6.00. The van der Waals surface area contributed by atoms with Crippen molar-refractivity contribution in [3.8, 4) is 11.5 Å².